The summed E-state index contributed by atoms with van der Waals surface area (Å²) >= 11 is 1.60. The third kappa shape index (κ3) is 2.28. The van der Waals surface area contributed by atoms with Crippen LogP contribution in [-0.4, -0.2) is 23.0 Å². The van der Waals surface area contributed by atoms with Crippen LogP contribution in [0.15, 0.2) is 0 Å². The van der Waals surface area contributed by atoms with E-state index in [1.165, 1.54) is 5.92 Å². The van der Waals surface area contributed by atoms with Crippen molar-refractivity contribution in [1.82, 2.24) is 0 Å². The SMILES string of the molecule is [SbH2][C]1(C2CCCCC2)C2CC3CC(C2)CC1(C1CCCCC1)C3. The van der Waals surface area contributed by atoms with Crippen LogP contribution in [0.3, 0.4) is 0 Å². The molecule has 23 heavy (non-hydrogen) atoms. The van der Waals surface area contributed by atoms with Crippen molar-refractivity contribution in [3.63, 3.8) is 0 Å². The molecule has 3 atom stereocenters. The molecule has 130 valence electrons. The first-order valence-electron chi connectivity index (χ1n) is 11.0. The predicted molar refractivity (Wildman–Crippen MR) is 100 cm³/mol. The van der Waals surface area contributed by atoms with Crippen molar-refractivity contribution in [2.24, 2.45) is 35.0 Å². The van der Waals surface area contributed by atoms with Gasteiger partial charge in [0, 0.05) is 0 Å². The van der Waals surface area contributed by atoms with Crippen molar-refractivity contribution in [3.8, 4) is 0 Å². The normalized spacial score (nSPS) is 51.3. The topological polar surface area (TPSA) is 0 Å². The van der Waals surface area contributed by atoms with Crippen LogP contribution in [0, 0.1) is 35.0 Å². The first-order chi connectivity index (χ1) is 11.2. The van der Waals surface area contributed by atoms with Gasteiger partial charge in [-0.05, 0) is 0 Å². The molecule has 0 aromatic rings. The minimum atomic E-state index is 0.840. The maximum absolute atomic E-state index is 1.68. The second kappa shape index (κ2) is 5.92. The van der Waals surface area contributed by atoms with E-state index >= 15 is 0 Å². The molecule has 3 unspecified atom stereocenters. The summed E-state index contributed by atoms with van der Waals surface area (Å²) in [6, 6.07) is 0. The van der Waals surface area contributed by atoms with E-state index in [0.717, 1.165) is 32.4 Å². The monoisotopic (exact) mass is 422 g/mol. The van der Waals surface area contributed by atoms with Crippen molar-refractivity contribution in [3.05, 3.63) is 0 Å². The van der Waals surface area contributed by atoms with Gasteiger partial charge >= 0.3 is 158 Å². The number of hydrogen-bond acceptors (Lipinski definition) is 0. The zero-order chi connectivity index (χ0) is 15.5. The van der Waals surface area contributed by atoms with Gasteiger partial charge in [-0.1, -0.05) is 0 Å². The van der Waals surface area contributed by atoms with E-state index in [0.29, 0.717) is 0 Å². The summed E-state index contributed by atoms with van der Waals surface area (Å²) in [7, 11) is 0. The van der Waals surface area contributed by atoms with Crippen LogP contribution < -0.4 is 0 Å². The Morgan fingerprint density at radius 2 is 1.09 bits per heavy atom. The fourth-order valence-electron chi connectivity index (χ4n) is 8.82. The zero-order valence-corrected chi connectivity index (χ0v) is 18.4. The van der Waals surface area contributed by atoms with Crippen LogP contribution in [0.25, 0.3) is 0 Å². The molecule has 0 N–H and O–H groups in total. The number of rotatable bonds is 2. The van der Waals surface area contributed by atoms with E-state index in [1.807, 2.05) is 0 Å². The van der Waals surface area contributed by atoms with E-state index in [9.17, 15) is 0 Å². The second-order valence-electron chi connectivity index (χ2n) is 10.3. The summed E-state index contributed by atoms with van der Waals surface area (Å²) in [6.07, 6.45) is 24.1. The van der Waals surface area contributed by atoms with Crippen LogP contribution >= 0.6 is 0 Å². The summed E-state index contributed by atoms with van der Waals surface area (Å²) in [4.78, 5) is 0. The van der Waals surface area contributed by atoms with Gasteiger partial charge in [0.1, 0.15) is 0 Å². The third-order valence-corrected chi connectivity index (χ3v) is 13.7. The first-order valence-corrected chi connectivity index (χ1v) is 12.7. The Hall–Kier alpha value is 0.818. The fourth-order valence-corrected chi connectivity index (χ4v) is 11.9. The maximum atomic E-state index is 1.68. The van der Waals surface area contributed by atoms with Gasteiger partial charge in [-0.25, -0.2) is 0 Å². The average molecular weight is 423 g/mol. The summed E-state index contributed by atoms with van der Waals surface area (Å²) in [6.45, 7) is 0. The van der Waals surface area contributed by atoms with Gasteiger partial charge < -0.3 is 0 Å². The van der Waals surface area contributed by atoms with Gasteiger partial charge in [-0.15, -0.1) is 0 Å². The molecule has 6 aliphatic carbocycles. The minimum absolute atomic E-state index is 0.840. The molecule has 6 aliphatic rings. The molecule has 0 heterocycles. The van der Waals surface area contributed by atoms with E-state index < -0.39 is 0 Å². The molecule has 6 saturated carbocycles. The molecule has 0 spiro atoms. The molecule has 0 nitrogen and oxygen atoms in total. The molecule has 1 heteroatoms. The van der Waals surface area contributed by atoms with Gasteiger partial charge in [0.05, 0.1) is 0 Å². The van der Waals surface area contributed by atoms with E-state index in [4.69, 9.17) is 0 Å². The van der Waals surface area contributed by atoms with Gasteiger partial charge in [0.25, 0.3) is 0 Å². The van der Waals surface area contributed by atoms with Gasteiger partial charge in [0.15, 0.2) is 0 Å². The van der Waals surface area contributed by atoms with E-state index in [1.54, 1.807) is 119 Å². The standard InChI is InChI=1S/C22H35.Sb.2H/c1-3-7-18(8-4-1)21-19-12-16-11-17(13-19)15-22(21,14-16)20-9-5-2-6-10-20;;;/h16-20H,1-15H2;;;. The Bertz CT molecular complexity index is 427. The summed E-state index contributed by atoms with van der Waals surface area (Å²) < 4.78 is 0.855. The summed E-state index contributed by atoms with van der Waals surface area (Å²) in [5.74, 6) is 5.76. The van der Waals surface area contributed by atoms with E-state index in [2.05, 4.69) is 0 Å². The molecule has 0 aromatic heterocycles. The predicted octanol–water partition coefficient (Wildman–Crippen LogP) is 5.77. The summed E-state index contributed by atoms with van der Waals surface area (Å²) in [5, 5.41) is 0. The van der Waals surface area contributed by atoms with Crippen LogP contribution in [0.5, 0.6) is 0 Å². The Morgan fingerprint density at radius 3 is 1.65 bits per heavy atom. The molecule has 4 bridgehead atoms. The van der Waals surface area contributed by atoms with Crippen molar-refractivity contribution in [2.45, 2.75) is 99.7 Å². The van der Waals surface area contributed by atoms with Gasteiger partial charge in [0.2, 0.25) is 0 Å². The Balaban J connectivity index is 1.55. The van der Waals surface area contributed by atoms with Crippen molar-refractivity contribution < 1.29 is 0 Å². The molecule has 0 radical (unpaired) electrons. The molecular weight excluding hydrogens is 386 g/mol. The Kier molecular flexibility index (Phi) is 4.13. The van der Waals surface area contributed by atoms with Gasteiger partial charge in [-0.2, -0.15) is 0 Å². The molecule has 0 aliphatic heterocycles. The molecule has 0 saturated heterocycles. The molecule has 6 fully saturated rings. The van der Waals surface area contributed by atoms with E-state index in [-0.39, 0.29) is 0 Å². The molecule has 0 aromatic carbocycles. The average Bonchev–Trinajstić information content (AvgIpc) is 2.60. The first kappa shape index (κ1) is 16.0. The fraction of sp³-hybridized carbons (Fsp3) is 1.00. The third-order valence-electron chi connectivity index (χ3n) is 9.41. The second-order valence-corrected chi connectivity index (χ2v) is 13.0. The zero-order valence-electron chi connectivity index (χ0n) is 15.1. The van der Waals surface area contributed by atoms with Crippen LogP contribution in [0.4, 0.5) is 0 Å². The van der Waals surface area contributed by atoms with Crippen molar-refractivity contribution >= 4 is 23.0 Å². The molecule has 0 amide bonds. The van der Waals surface area contributed by atoms with Crippen LogP contribution in [0.2, 0.25) is 3.36 Å². The quantitative estimate of drug-likeness (QED) is 0.495. The molecular formula is C22H37Sb. The molecule has 6 rings (SSSR count). The van der Waals surface area contributed by atoms with Crippen molar-refractivity contribution in [2.75, 3.05) is 0 Å². The van der Waals surface area contributed by atoms with Crippen LogP contribution in [0.1, 0.15) is 96.3 Å². The Morgan fingerprint density at radius 1 is 0.565 bits per heavy atom. The summed E-state index contributed by atoms with van der Waals surface area (Å²) in [5.41, 5.74) is 0.840. The number of hydrogen-bond donors (Lipinski definition) is 0. The van der Waals surface area contributed by atoms with Crippen LogP contribution in [-0.2, 0) is 0 Å². The Labute approximate surface area is 157 Å². The van der Waals surface area contributed by atoms with Crippen molar-refractivity contribution in [1.29, 1.82) is 0 Å². The van der Waals surface area contributed by atoms with Gasteiger partial charge in [-0.3, -0.25) is 0 Å².